The lowest BCUT2D eigenvalue weighted by Crippen LogP contribution is -2.39. The first-order chi connectivity index (χ1) is 8.49. The molecule has 5 nitrogen and oxygen atoms in total. The first-order valence-corrected chi connectivity index (χ1v) is 6.77. The number of carbonyl (C=O) groups excluding carboxylic acids is 2. The van der Waals surface area contributed by atoms with Crippen LogP contribution in [0.3, 0.4) is 0 Å². The Hall–Kier alpha value is -1.10. The zero-order valence-corrected chi connectivity index (χ0v) is 11.4. The third kappa shape index (κ3) is 5.49. The molecule has 1 rings (SSSR count). The summed E-state index contributed by atoms with van der Waals surface area (Å²) < 4.78 is 0. The molecule has 0 radical (unpaired) electrons. The van der Waals surface area contributed by atoms with Gasteiger partial charge in [-0.15, -0.1) is 0 Å². The predicted octanol–water partition coefficient (Wildman–Crippen LogP) is 0.392. The minimum atomic E-state index is -0.382. The molecule has 1 fully saturated rings. The van der Waals surface area contributed by atoms with Gasteiger partial charge in [0.2, 0.25) is 11.8 Å². The summed E-state index contributed by atoms with van der Waals surface area (Å²) in [4.78, 5) is 22.5. The number of rotatable bonds is 6. The average Bonchev–Trinajstić information content (AvgIpc) is 2.28. The second-order valence-electron chi connectivity index (χ2n) is 5.43. The van der Waals surface area contributed by atoms with E-state index < -0.39 is 0 Å². The van der Waals surface area contributed by atoms with Gasteiger partial charge in [0.15, 0.2) is 0 Å². The SMILES string of the molecule is CC(CC(N)=O)NC(=O)CC(C)C1CCCNC1. The maximum atomic E-state index is 11.8. The Balaban J connectivity index is 2.27. The summed E-state index contributed by atoms with van der Waals surface area (Å²) in [6.07, 6.45) is 3.10. The Kier molecular flexibility index (Phi) is 6.12. The zero-order valence-electron chi connectivity index (χ0n) is 11.4. The predicted molar refractivity (Wildman–Crippen MR) is 70.8 cm³/mol. The summed E-state index contributed by atoms with van der Waals surface area (Å²) >= 11 is 0. The van der Waals surface area contributed by atoms with E-state index in [4.69, 9.17) is 5.73 Å². The van der Waals surface area contributed by atoms with Crippen molar-refractivity contribution >= 4 is 11.8 Å². The van der Waals surface area contributed by atoms with E-state index in [-0.39, 0.29) is 24.3 Å². The standard InChI is InChI=1S/C13H25N3O2/c1-9(11-4-3-5-15-8-11)6-13(18)16-10(2)7-12(14)17/h9-11,15H,3-8H2,1-2H3,(H2,14,17)(H,16,18). The van der Waals surface area contributed by atoms with Crippen molar-refractivity contribution in [3.05, 3.63) is 0 Å². The van der Waals surface area contributed by atoms with Gasteiger partial charge in [0.1, 0.15) is 0 Å². The smallest absolute Gasteiger partial charge is 0.220 e. The Morgan fingerprint density at radius 3 is 2.67 bits per heavy atom. The molecule has 3 unspecified atom stereocenters. The lowest BCUT2D eigenvalue weighted by molar-refractivity contribution is -0.123. The molecule has 1 heterocycles. The van der Waals surface area contributed by atoms with Gasteiger partial charge in [0, 0.05) is 18.9 Å². The molecule has 0 aromatic carbocycles. The molecule has 0 aromatic heterocycles. The molecule has 0 aliphatic carbocycles. The Morgan fingerprint density at radius 1 is 1.39 bits per heavy atom. The highest BCUT2D eigenvalue weighted by molar-refractivity contribution is 5.78. The molecular formula is C13H25N3O2. The number of amides is 2. The van der Waals surface area contributed by atoms with Crippen molar-refractivity contribution in [2.45, 2.75) is 45.6 Å². The van der Waals surface area contributed by atoms with Crippen molar-refractivity contribution in [2.24, 2.45) is 17.6 Å². The van der Waals surface area contributed by atoms with Crippen molar-refractivity contribution in [1.29, 1.82) is 0 Å². The van der Waals surface area contributed by atoms with Gasteiger partial charge in [0.25, 0.3) is 0 Å². The van der Waals surface area contributed by atoms with Gasteiger partial charge in [-0.25, -0.2) is 0 Å². The zero-order chi connectivity index (χ0) is 13.5. The van der Waals surface area contributed by atoms with Crippen molar-refractivity contribution < 1.29 is 9.59 Å². The first kappa shape index (κ1) is 15.0. The number of carbonyl (C=O) groups is 2. The quantitative estimate of drug-likeness (QED) is 0.642. The molecule has 0 bridgehead atoms. The van der Waals surface area contributed by atoms with Gasteiger partial charge in [-0.05, 0) is 44.7 Å². The highest BCUT2D eigenvalue weighted by Gasteiger charge is 2.22. The van der Waals surface area contributed by atoms with Crippen LogP contribution in [-0.2, 0) is 9.59 Å². The number of piperidine rings is 1. The lowest BCUT2D eigenvalue weighted by atomic mass is 9.85. The maximum Gasteiger partial charge on any atom is 0.220 e. The fourth-order valence-electron chi connectivity index (χ4n) is 2.51. The summed E-state index contributed by atoms with van der Waals surface area (Å²) in [6.45, 7) is 6.02. The van der Waals surface area contributed by atoms with Crippen molar-refractivity contribution in [1.82, 2.24) is 10.6 Å². The molecule has 5 heteroatoms. The van der Waals surface area contributed by atoms with Crippen LogP contribution in [0.5, 0.6) is 0 Å². The van der Waals surface area contributed by atoms with Crippen LogP contribution in [0.2, 0.25) is 0 Å². The number of nitrogens with two attached hydrogens (primary N) is 1. The van der Waals surface area contributed by atoms with Crippen LogP contribution in [0, 0.1) is 11.8 Å². The minimum absolute atomic E-state index is 0.0156. The third-order valence-electron chi connectivity index (χ3n) is 3.56. The molecule has 2 amide bonds. The third-order valence-corrected chi connectivity index (χ3v) is 3.56. The van der Waals surface area contributed by atoms with E-state index in [9.17, 15) is 9.59 Å². The van der Waals surface area contributed by atoms with E-state index in [0.717, 1.165) is 13.1 Å². The molecule has 104 valence electrons. The second-order valence-corrected chi connectivity index (χ2v) is 5.43. The highest BCUT2D eigenvalue weighted by Crippen LogP contribution is 2.22. The van der Waals surface area contributed by atoms with Crippen LogP contribution in [0.1, 0.15) is 39.5 Å². The molecule has 4 N–H and O–H groups in total. The van der Waals surface area contributed by atoms with Gasteiger partial charge in [-0.1, -0.05) is 6.92 Å². The maximum absolute atomic E-state index is 11.8. The van der Waals surface area contributed by atoms with E-state index in [0.29, 0.717) is 18.3 Å². The van der Waals surface area contributed by atoms with E-state index >= 15 is 0 Å². The molecule has 0 spiro atoms. The van der Waals surface area contributed by atoms with Crippen LogP contribution in [-0.4, -0.2) is 30.9 Å². The topological polar surface area (TPSA) is 84.2 Å². The molecule has 18 heavy (non-hydrogen) atoms. The van der Waals surface area contributed by atoms with Crippen molar-refractivity contribution in [2.75, 3.05) is 13.1 Å². The van der Waals surface area contributed by atoms with Crippen LogP contribution in [0.4, 0.5) is 0 Å². The van der Waals surface area contributed by atoms with Crippen molar-refractivity contribution in [3.63, 3.8) is 0 Å². The molecule has 1 saturated heterocycles. The number of primary amides is 1. The monoisotopic (exact) mass is 255 g/mol. The summed E-state index contributed by atoms with van der Waals surface area (Å²) in [5.74, 6) is 0.587. The summed E-state index contributed by atoms with van der Waals surface area (Å²) in [5.41, 5.74) is 5.09. The van der Waals surface area contributed by atoms with Crippen LogP contribution >= 0.6 is 0 Å². The van der Waals surface area contributed by atoms with E-state index in [1.54, 1.807) is 6.92 Å². The molecule has 1 aliphatic rings. The fourth-order valence-corrected chi connectivity index (χ4v) is 2.51. The fraction of sp³-hybridized carbons (Fsp3) is 0.846. The van der Waals surface area contributed by atoms with Crippen molar-refractivity contribution in [3.8, 4) is 0 Å². The largest absolute Gasteiger partial charge is 0.370 e. The number of hydrogen-bond donors (Lipinski definition) is 3. The normalized spacial score (nSPS) is 23.1. The van der Waals surface area contributed by atoms with Crippen LogP contribution in [0.25, 0.3) is 0 Å². The van der Waals surface area contributed by atoms with Crippen LogP contribution < -0.4 is 16.4 Å². The van der Waals surface area contributed by atoms with E-state index in [1.165, 1.54) is 12.8 Å². The van der Waals surface area contributed by atoms with Crippen LogP contribution in [0.15, 0.2) is 0 Å². The van der Waals surface area contributed by atoms with Gasteiger partial charge >= 0.3 is 0 Å². The summed E-state index contributed by atoms with van der Waals surface area (Å²) in [7, 11) is 0. The molecule has 0 saturated carbocycles. The molecule has 0 aromatic rings. The molecule has 1 aliphatic heterocycles. The Labute approximate surface area is 109 Å². The summed E-state index contributed by atoms with van der Waals surface area (Å²) in [6, 6.07) is -0.174. The molecule has 3 atom stereocenters. The van der Waals surface area contributed by atoms with Gasteiger partial charge in [0.05, 0.1) is 0 Å². The first-order valence-electron chi connectivity index (χ1n) is 6.77. The minimum Gasteiger partial charge on any atom is -0.370 e. The highest BCUT2D eigenvalue weighted by atomic mass is 16.2. The van der Waals surface area contributed by atoms with Gasteiger partial charge in [-0.3, -0.25) is 9.59 Å². The molecular weight excluding hydrogens is 230 g/mol. The summed E-state index contributed by atoms with van der Waals surface area (Å²) in [5, 5.41) is 6.18. The lowest BCUT2D eigenvalue weighted by Gasteiger charge is -2.28. The van der Waals surface area contributed by atoms with Gasteiger partial charge < -0.3 is 16.4 Å². The number of hydrogen-bond acceptors (Lipinski definition) is 3. The second kappa shape index (κ2) is 7.36. The van der Waals surface area contributed by atoms with Gasteiger partial charge in [-0.2, -0.15) is 0 Å². The Morgan fingerprint density at radius 2 is 2.11 bits per heavy atom. The van der Waals surface area contributed by atoms with E-state index in [2.05, 4.69) is 17.6 Å². The number of nitrogens with one attached hydrogen (secondary N) is 2. The Bertz CT molecular complexity index is 288. The average molecular weight is 255 g/mol. The van der Waals surface area contributed by atoms with E-state index in [1.807, 2.05) is 0 Å².